The van der Waals surface area contributed by atoms with Gasteiger partial charge in [0.25, 0.3) is 11.8 Å². The molecule has 2 N–H and O–H groups in total. The fraction of sp³-hybridized carbons (Fsp3) is 0.276. The lowest BCUT2D eigenvalue weighted by Gasteiger charge is -2.13. The molecule has 2 amide bonds. The van der Waals surface area contributed by atoms with E-state index in [0.29, 0.717) is 29.4 Å². The first-order valence-corrected chi connectivity index (χ1v) is 12.2. The number of nitrogens with zero attached hydrogens (tertiary/aromatic N) is 1. The highest BCUT2D eigenvalue weighted by Crippen LogP contribution is 2.28. The van der Waals surface area contributed by atoms with E-state index in [-0.39, 0.29) is 25.0 Å². The fourth-order valence-corrected chi connectivity index (χ4v) is 3.51. The second-order valence-electron chi connectivity index (χ2n) is 8.38. The summed E-state index contributed by atoms with van der Waals surface area (Å²) in [6.07, 6.45) is 2.39. The van der Waals surface area contributed by atoms with Gasteiger partial charge in [0.15, 0.2) is 24.7 Å². The third-order valence-electron chi connectivity index (χ3n) is 5.34. The maximum Gasteiger partial charge on any atom is 0.277 e. The van der Waals surface area contributed by atoms with Crippen molar-refractivity contribution in [2.24, 2.45) is 5.10 Å². The van der Waals surface area contributed by atoms with Crippen LogP contribution in [0.4, 0.5) is 5.69 Å². The van der Waals surface area contributed by atoms with Crippen LogP contribution in [0.2, 0.25) is 0 Å². The van der Waals surface area contributed by atoms with Gasteiger partial charge in [0.05, 0.1) is 12.8 Å². The van der Waals surface area contributed by atoms with Crippen LogP contribution in [0.3, 0.4) is 0 Å². The van der Waals surface area contributed by atoms with E-state index in [1.54, 1.807) is 18.2 Å². The smallest absolute Gasteiger partial charge is 0.277 e. The highest BCUT2D eigenvalue weighted by Gasteiger charge is 2.10. The molecule has 0 saturated carbocycles. The van der Waals surface area contributed by atoms with Gasteiger partial charge < -0.3 is 19.5 Å². The Kier molecular flexibility index (Phi) is 10.1. The summed E-state index contributed by atoms with van der Waals surface area (Å²) in [4.78, 5) is 24.5. The summed E-state index contributed by atoms with van der Waals surface area (Å²) in [5, 5.41) is 6.83. The number of hydrogen-bond acceptors (Lipinski definition) is 6. The molecule has 194 valence electrons. The average Bonchev–Trinajstić information content (AvgIpc) is 2.88. The molecule has 0 spiro atoms. The molecule has 8 nitrogen and oxygen atoms in total. The molecule has 0 atom stereocenters. The summed E-state index contributed by atoms with van der Waals surface area (Å²) in [6.45, 7) is 7.94. The van der Waals surface area contributed by atoms with Crippen LogP contribution < -0.4 is 25.0 Å². The van der Waals surface area contributed by atoms with Gasteiger partial charge in [-0.15, -0.1) is 0 Å². The Balaban J connectivity index is 1.53. The normalized spacial score (nSPS) is 10.7. The molecule has 0 unspecified atom stereocenters. The van der Waals surface area contributed by atoms with Gasteiger partial charge in [0.2, 0.25) is 0 Å². The van der Waals surface area contributed by atoms with E-state index < -0.39 is 0 Å². The first-order chi connectivity index (χ1) is 17.9. The molecule has 3 aromatic rings. The van der Waals surface area contributed by atoms with E-state index >= 15 is 0 Å². The topological polar surface area (TPSA) is 98.2 Å². The predicted octanol–water partition coefficient (Wildman–Crippen LogP) is 4.81. The van der Waals surface area contributed by atoms with Crippen LogP contribution in [0, 0.1) is 13.8 Å². The Morgan fingerprint density at radius 1 is 0.865 bits per heavy atom. The number of amides is 2. The molecule has 37 heavy (non-hydrogen) atoms. The number of hydrazone groups is 1. The van der Waals surface area contributed by atoms with E-state index in [2.05, 4.69) is 28.8 Å². The summed E-state index contributed by atoms with van der Waals surface area (Å²) in [6, 6.07) is 18.6. The number of rotatable bonds is 12. The Bertz CT molecular complexity index is 1260. The van der Waals surface area contributed by atoms with Gasteiger partial charge in [0.1, 0.15) is 5.75 Å². The molecule has 0 aliphatic rings. The van der Waals surface area contributed by atoms with Gasteiger partial charge in [-0.25, -0.2) is 5.43 Å². The molecule has 3 aromatic carbocycles. The number of carbonyl (C=O) groups is 2. The Morgan fingerprint density at radius 2 is 1.65 bits per heavy atom. The third-order valence-corrected chi connectivity index (χ3v) is 5.34. The molecular weight excluding hydrogens is 470 g/mol. The largest absolute Gasteiger partial charge is 0.490 e. The molecule has 0 saturated heterocycles. The van der Waals surface area contributed by atoms with Crippen molar-refractivity contribution >= 4 is 23.7 Å². The van der Waals surface area contributed by atoms with Crippen molar-refractivity contribution in [3.63, 3.8) is 0 Å². The molecule has 0 aliphatic carbocycles. The molecule has 0 radical (unpaired) electrons. The summed E-state index contributed by atoms with van der Waals surface area (Å²) < 4.78 is 17.0. The second-order valence-corrected chi connectivity index (χ2v) is 8.38. The number of anilines is 1. The molecule has 3 rings (SSSR count). The first kappa shape index (κ1) is 27.3. The van der Waals surface area contributed by atoms with E-state index in [1.165, 1.54) is 6.21 Å². The second kappa shape index (κ2) is 13.7. The van der Waals surface area contributed by atoms with Gasteiger partial charge in [-0.3, -0.25) is 9.59 Å². The maximum absolute atomic E-state index is 12.3. The number of carbonyl (C=O) groups excluding carboxylic acids is 2. The highest BCUT2D eigenvalue weighted by molar-refractivity contribution is 5.92. The number of nitrogens with one attached hydrogen (secondary N) is 2. The number of ether oxygens (including phenoxy) is 3. The molecule has 0 fully saturated rings. The van der Waals surface area contributed by atoms with E-state index in [0.717, 1.165) is 28.8 Å². The van der Waals surface area contributed by atoms with Crippen molar-refractivity contribution in [1.82, 2.24) is 5.43 Å². The van der Waals surface area contributed by atoms with Crippen LogP contribution in [0.15, 0.2) is 65.8 Å². The van der Waals surface area contributed by atoms with E-state index in [9.17, 15) is 9.59 Å². The van der Waals surface area contributed by atoms with Crippen molar-refractivity contribution in [3.8, 4) is 17.2 Å². The van der Waals surface area contributed by atoms with Crippen molar-refractivity contribution in [1.29, 1.82) is 0 Å². The molecular formula is C29H33N3O5. The van der Waals surface area contributed by atoms with Gasteiger partial charge in [0, 0.05) is 5.69 Å². The number of benzene rings is 3. The monoisotopic (exact) mass is 503 g/mol. The van der Waals surface area contributed by atoms with E-state index in [1.807, 2.05) is 57.2 Å². The van der Waals surface area contributed by atoms with Crippen LogP contribution >= 0.6 is 0 Å². The SMILES string of the molecule is CCOc1cc(/C=N/NC(=O)COc2cc(C)cc(CC)c2)ccc1OCC(=O)Nc1ccccc1C. The zero-order valence-corrected chi connectivity index (χ0v) is 21.7. The minimum Gasteiger partial charge on any atom is -0.490 e. The lowest BCUT2D eigenvalue weighted by Crippen LogP contribution is -2.24. The fourth-order valence-electron chi connectivity index (χ4n) is 3.51. The average molecular weight is 504 g/mol. The molecule has 8 heteroatoms. The summed E-state index contributed by atoms with van der Waals surface area (Å²) in [7, 11) is 0. The standard InChI is InChI=1S/C29H33N3O5/c1-5-22-13-20(3)14-24(15-22)36-19-29(34)32-30-17-23-11-12-26(27(16-23)35-6-2)37-18-28(33)31-25-10-8-7-9-21(25)4/h7-17H,5-6,18-19H2,1-4H3,(H,31,33)(H,32,34)/b30-17+. The van der Waals surface area contributed by atoms with Crippen LogP contribution in [-0.2, 0) is 16.0 Å². The molecule has 0 aliphatic heterocycles. The Labute approximate surface area is 217 Å². The van der Waals surface area contributed by atoms with Crippen LogP contribution in [0.1, 0.15) is 36.1 Å². The van der Waals surface area contributed by atoms with Crippen molar-refractivity contribution < 1.29 is 23.8 Å². The summed E-state index contributed by atoms with van der Waals surface area (Å²) in [5.74, 6) is 0.904. The zero-order valence-electron chi connectivity index (χ0n) is 21.7. The maximum atomic E-state index is 12.3. The highest BCUT2D eigenvalue weighted by atomic mass is 16.5. The van der Waals surface area contributed by atoms with E-state index in [4.69, 9.17) is 14.2 Å². The third kappa shape index (κ3) is 8.68. The quantitative estimate of drug-likeness (QED) is 0.273. The van der Waals surface area contributed by atoms with Crippen molar-refractivity contribution in [3.05, 3.63) is 82.9 Å². The lowest BCUT2D eigenvalue weighted by atomic mass is 10.1. The van der Waals surface area contributed by atoms with Crippen LogP contribution in [-0.4, -0.2) is 37.8 Å². The van der Waals surface area contributed by atoms with Gasteiger partial charge in [-0.1, -0.05) is 31.2 Å². The summed E-state index contributed by atoms with van der Waals surface area (Å²) >= 11 is 0. The minimum atomic E-state index is -0.375. The van der Waals surface area contributed by atoms with Crippen LogP contribution in [0.5, 0.6) is 17.2 Å². The predicted molar refractivity (Wildman–Crippen MR) is 145 cm³/mol. The zero-order chi connectivity index (χ0) is 26.6. The van der Waals surface area contributed by atoms with Gasteiger partial charge in [-0.2, -0.15) is 5.10 Å². The minimum absolute atomic E-state index is 0.147. The lowest BCUT2D eigenvalue weighted by molar-refractivity contribution is -0.123. The van der Waals surface area contributed by atoms with Crippen molar-refractivity contribution in [2.75, 3.05) is 25.1 Å². The summed E-state index contributed by atoms with van der Waals surface area (Å²) in [5.41, 5.74) is 7.09. The number of para-hydroxylation sites is 1. The van der Waals surface area contributed by atoms with Crippen molar-refractivity contribution in [2.45, 2.75) is 34.1 Å². The van der Waals surface area contributed by atoms with Gasteiger partial charge >= 0.3 is 0 Å². The Morgan fingerprint density at radius 3 is 2.41 bits per heavy atom. The Hall–Kier alpha value is -4.33. The number of hydrogen-bond donors (Lipinski definition) is 2. The number of aryl methyl sites for hydroxylation is 3. The molecule has 0 aromatic heterocycles. The molecule has 0 heterocycles. The van der Waals surface area contributed by atoms with Crippen LogP contribution in [0.25, 0.3) is 0 Å². The molecule has 0 bridgehead atoms. The van der Waals surface area contributed by atoms with Gasteiger partial charge in [-0.05, 0) is 85.8 Å². The first-order valence-electron chi connectivity index (χ1n) is 12.2.